The van der Waals surface area contributed by atoms with Crippen molar-refractivity contribution in [1.82, 2.24) is 9.80 Å². The second-order valence-corrected chi connectivity index (χ2v) is 13.3. The molecular formula is C44H92N2O8SU. The zero-order valence-electron chi connectivity index (χ0n) is 39.3. The second kappa shape index (κ2) is 65.9. The van der Waals surface area contributed by atoms with Crippen molar-refractivity contribution in [3.05, 3.63) is 6.92 Å². The number of aldehydes is 1. The first-order valence-corrected chi connectivity index (χ1v) is 22.4. The fourth-order valence-corrected chi connectivity index (χ4v) is 4.73. The monoisotopic (exact) mass is 1050 g/mol. The number of nitrogens with zero attached hydrogens (tertiary/aromatic N) is 2. The standard InChI is InChI=1S/C17H32O5.C11H22N2O2S.C8H15O.3C2H6.C2H5.U/c1-4-6-7-8-9-11-14(3)17(20)21-13-15(12-18)22-16(19)10-5-2;1-12(2)7-6-10-16-11(15)13(3)8-4-5-9-14;1-3-4-5-6-8(2)7-9;4*1-2;/h14-15,18H,4-13H2,1-3H3;9H,4-8,10H2,1-3H3;8H,3-6H2,1-2H3;3*1-2H3;1H2,2H3;/q;;-1;;;;-1;+2. The average Bonchev–Trinajstić information content (AvgIpc) is 3.21. The van der Waals surface area contributed by atoms with Gasteiger partial charge < -0.3 is 40.9 Å². The van der Waals surface area contributed by atoms with Crippen LogP contribution in [0.4, 0.5) is 4.79 Å². The summed E-state index contributed by atoms with van der Waals surface area (Å²) in [6.45, 7) is 28.2. The maximum atomic E-state index is 11.9. The smallest absolute Gasteiger partial charge is 0.542 e. The van der Waals surface area contributed by atoms with Crippen molar-refractivity contribution in [3.8, 4) is 0 Å². The summed E-state index contributed by atoms with van der Waals surface area (Å²) in [5.41, 5.74) is 0. The first-order chi connectivity index (χ1) is 26.4. The molecule has 0 radical (unpaired) electrons. The van der Waals surface area contributed by atoms with Gasteiger partial charge in [0.15, 0.2) is 6.10 Å². The van der Waals surface area contributed by atoms with Crippen molar-refractivity contribution in [1.29, 1.82) is 0 Å². The molecule has 0 aliphatic heterocycles. The van der Waals surface area contributed by atoms with Gasteiger partial charge in [0.1, 0.15) is 12.9 Å². The van der Waals surface area contributed by atoms with Gasteiger partial charge in [-0.15, -0.1) is 5.92 Å². The van der Waals surface area contributed by atoms with E-state index in [1.807, 2.05) is 82.7 Å². The minimum Gasteiger partial charge on any atom is -0.542 e. The molecule has 0 spiro atoms. The molecule has 0 bridgehead atoms. The molecule has 0 saturated carbocycles. The Morgan fingerprint density at radius 3 is 1.77 bits per heavy atom. The molecule has 0 rings (SSSR count). The van der Waals surface area contributed by atoms with Crippen molar-refractivity contribution >= 4 is 41.5 Å². The Balaban J connectivity index is -0.0000000990. The van der Waals surface area contributed by atoms with Gasteiger partial charge in [-0.05, 0) is 46.3 Å². The summed E-state index contributed by atoms with van der Waals surface area (Å²) in [6, 6.07) is 0. The van der Waals surface area contributed by atoms with E-state index in [4.69, 9.17) is 14.6 Å². The molecule has 12 heteroatoms. The number of hydrogen-bond donors (Lipinski definition) is 1. The topological polar surface area (TPSA) is 131 Å². The van der Waals surface area contributed by atoms with Gasteiger partial charge in [-0.1, -0.05) is 146 Å². The maximum absolute atomic E-state index is 11.9. The summed E-state index contributed by atoms with van der Waals surface area (Å²) < 4.78 is 10.2. The molecule has 0 aromatic heterocycles. The van der Waals surface area contributed by atoms with Crippen LogP contribution in [-0.4, -0.2) is 104 Å². The number of thioether (sulfide) groups is 1. The minimum atomic E-state index is -0.764. The number of rotatable bonds is 26. The summed E-state index contributed by atoms with van der Waals surface area (Å²) in [6.07, 6.45) is 16.7. The van der Waals surface area contributed by atoms with E-state index in [9.17, 15) is 24.0 Å². The number of hydrogen-bond acceptors (Lipinski definition) is 10. The average molecular weight is 1050 g/mol. The molecule has 3 atom stereocenters. The molecule has 0 heterocycles. The van der Waals surface area contributed by atoms with Crippen LogP contribution in [0.15, 0.2) is 0 Å². The predicted molar refractivity (Wildman–Crippen MR) is 238 cm³/mol. The molecule has 0 aliphatic carbocycles. The second-order valence-electron chi connectivity index (χ2n) is 12.3. The largest absolute Gasteiger partial charge is 2.00 e. The molecule has 0 fully saturated rings. The number of amides is 1. The molecule has 0 aliphatic rings. The van der Waals surface area contributed by atoms with E-state index in [-0.39, 0.29) is 73.3 Å². The van der Waals surface area contributed by atoms with Crippen molar-refractivity contribution in [2.75, 3.05) is 53.2 Å². The number of aliphatic hydroxyl groups excluding tert-OH is 1. The normalized spacial score (nSPS) is 10.8. The Labute approximate surface area is 376 Å². The van der Waals surface area contributed by atoms with Gasteiger partial charge in [0.05, 0.1) is 12.5 Å². The number of aliphatic hydroxyl groups is 1. The van der Waals surface area contributed by atoms with Crippen LogP contribution in [0, 0.1) is 49.9 Å². The molecule has 56 heavy (non-hydrogen) atoms. The van der Waals surface area contributed by atoms with Crippen molar-refractivity contribution in [2.45, 2.75) is 186 Å². The molecule has 0 saturated heterocycles. The number of unbranched alkanes of at least 4 members (excludes halogenated alkanes) is 7. The molecule has 0 aromatic carbocycles. The number of ether oxygens (including phenoxy) is 2. The molecular weight excluding hydrogens is 955 g/mol. The van der Waals surface area contributed by atoms with Gasteiger partial charge in [-0.25, -0.2) is 0 Å². The Bertz CT molecular complexity index is 779. The summed E-state index contributed by atoms with van der Waals surface area (Å²) >= 11 is 1.36. The van der Waals surface area contributed by atoms with Crippen LogP contribution >= 0.6 is 11.8 Å². The third-order valence-electron chi connectivity index (χ3n) is 7.05. The van der Waals surface area contributed by atoms with E-state index in [1.54, 1.807) is 18.9 Å². The van der Waals surface area contributed by atoms with Gasteiger partial charge >= 0.3 is 43.1 Å². The summed E-state index contributed by atoms with van der Waals surface area (Å²) in [7, 11) is 5.84. The van der Waals surface area contributed by atoms with Gasteiger partial charge in [0.25, 0.3) is 5.24 Å². The molecule has 336 valence electrons. The van der Waals surface area contributed by atoms with Crippen LogP contribution in [0.1, 0.15) is 179 Å². The van der Waals surface area contributed by atoms with E-state index in [0.29, 0.717) is 25.8 Å². The van der Waals surface area contributed by atoms with Gasteiger partial charge in [-0.2, -0.15) is 6.92 Å². The number of esters is 2. The number of carbonyl (C=O) groups is 4. The maximum Gasteiger partial charge on any atom is 2.00 e. The van der Waals surface area contributed by atoms with Crippen LogP contribution < -0.4 is 0 Å². The van der Waals surface area contributed by atoms with E-state index < -0.39 is 6.10 Å². The predicted octanol–water partition coefficient (Wildman–Crippen LogP) is 11.2. The third-order valence-corrected chi connectivity index (χ3v) is 8.11. The summed E-state index contributed by atoms with van der Waals surface area (Å²) in [5.74, 6) is 0.181. The Kier molecular flexibility index (Phi) is 85.5. The molecule has 3 unspecified atom stereocenters. The van der Waals surface area contributed by atoms with Gasteiger partial charge in [0, 0.05) is 32.2 Å². The van der Waals surface area contributed by atoms with Crippen molar-refractivity contribution < 1.29 is 69.7 Å². The fourth-order valence-electron chi connectivity index (χ4n) is 3.98. The van der Waals surface area contributed by atoms with Gasteiger partial charge in [0.2, 0.25) is 0 Å². The van der Waals surface area contributed by atoms with E-state index >= 15 is 0 Å². The minimum absolute atomic E-state index is 0. The Morgan fingerprint density at radius 1 is 0.786 bits per heavy atom. The Morgan fingerprint density at radius 2 is 1.30 bits per heavy atom. The number of carbonyl (C=O) groups excluding carboxylic acids is 5. The SMILES string of the molecule is CC.CC.CC.CCCCCC(C)[C-]=O.CCCCCCCC(C)C(=O)OCC(CO)OC(=O)CCC.CN(C)CCCSC(=O)N(C)CCCC=O.[CH2-]C.[U+2]. The van der Waals surface area contributed by atoms with E-state index in [2.05, 4.69) is 25.7 Å². The van der Waals surface area contributed by atoms with Crippen molar-refractivity contribution in [3.63, 3.8) is 0 Å². The first kappa shape index (κ1) is 72.7. The van der Waals surface area contributed by atoms with E-state index in [1.165, 1.54) is 50.3 Å². The summed E-state index contributed by atoms with van der Waals surface area (Å²) in [4.78, 5) is 58.7. The molecule has 0 aromatic rings. The fraction of sp³-hybridized carbons (Fsp3) is 0.864. The van der Waals surface area contributed by atoms with Crippen LogP contribution in [0.25, 0.3) is 0 Å². The quantitative estimate of drug-likeness (QED) is 0.0387. The van der Waals surface area contributed by atoms with Gasteiger partial charge in [-0.3, -0.25) is 20.7 Å². The molecule has 1 N–H and O–H groups in total. The van der Waals surface area contributed by atoms with Crippen molar-refractivity contribution in [2.24, 2.45) is 11.8 Å². The van der Waals surface area contributed by atoms with Crippen LogP contribution in [-0.2, 0) is 28.7 Å². The van der Waals surface area contributed by atoms with Crippen LogP contribution in [0.5, 0.6) is 0 Å². The molecule has 10 nitrogen and oxygen atoms in total. The Hall–Kier alpha value is -0.928. The zero-order valence-corrected chi connectivity index (χ0v) is 44.2. The first-order valence-electron chi connectivity index (χ1n) is 21.4. The zero-order chi connectivity index (χ0) is 44.3. The van der Waals surface area contributed by atoms with E-state index in [0.717, 1.165) is 57.1 Å². The van der Waals surface area contributed by atoms with Crippen LogP contribution in [0.3, 0.4) is 0 Å². The summed E-state index contributed by atoms with van der Waals surface area (Å²) in [5, 5.41) is 9.25. The molecule has 1 amide bonds. The van der Waals surface area contributed by atoms with Crippen LogP contribution in [0.2, 0.25) is 0 Å². The third kappa shape index (κ3) is 64.9.